The zero-order chi connectivity index (χ0) is 19.5. The van der Waals surface area contributed by atoms with E-state index in [1.54, 1.807) is 6.92 Å². The van der Waals surface area contributed by atoms with Gasteiger partial charge in [0.05, 0.1) is 18.3 Å². The Morgan fingerprint density at radius 3 is 2.79 bits per heavy atom. The van der Waals surface area contributed by atoms with Gasteiger partial charge < -0.3 is 10.2 Å². The Bertz CT molecular complexity index is 838. The van der Waals surface area contributed by atoms with E-state index >= 15 is 0 Å². The van der Waals surface area contributed by atoms with Crippen molar-refractivity contribution in [3.05, 3.63) is 53.0 Å². The molecule has 3 heterocycles. The largest absolute Gasteiger partial charge is 0.373 e. The van der Waals surface area contributed by atoms with Gasteiger partial charge in [-0.1, -0.05) is 30.3 Å². The molecule has 0 bridgehead atoms. The summed E-state index contributed by atoms with van der Waals surface area (Å²) in [5.41, 5.74) is 3.54. The molecule has 0 aliphatic carbocycles. The minimum Gasteiger partial charge on any atom is -0.373 e. The minimum absolute atomic E-state index is 0.113. The van der Waals surface area contributed by atoms with Crippen molar-refractivity contribution >= 4 is 11.7 Å². The third-order valence-electron chi connectivity index (χ3n) is 5.96. The van der Waals surface area contributed by atoms with Gasteiger partial charge >= 0.3 is 0 Å². The standard InChI is InChI=1S/C22H29N5O/c1-16(28)27-14-11-18-19(15-27)24-22(25-21(18)23-2)20-9-6-12-26(20)13-10-17-7-4-3-5-8-17/h3-5,7-8,20H,6,9-15H2,1-2H3,(H,23,24,25)/t20-/m0/s1. The first-order valence-electron chi connectivity index (χ1n) is 10.3. The number of fused-ring (bicyclic) bond motifs is 1. The van der Waals surface area contributed by atoms with Gasteiger partial charge in [0.2, 0.25) is 5.91 Å². The number of rotatable bonds is 5. The topological polar surface area (TPSA) is 61.4 Å². The third-order valence-corrected chi connectivity index (χ3v) is 5.96. The molecule has 0 radical (unpaired) electrons. The Kier molecular flexibility index (Phi) is 5.57. The Labute approximate surface area is 167 Å². The molecule has 0 saturated carbocycles. The summed E-state index contributed by atoms with van der Waals surface area (Å²) >= 11 is 0. The highest BCUT2D eigenvalue weighted by Gasteiger charge is 2.31. The van der Waals surface area contributed by atoms with Crippen LogP contribution in [0.15, 0.2) is 30.3 Å². The molecule has 1 atom stereocenters. The van der Waals surface area contributed by atoms with Gasteiger partial charge in [0.15, 0.2) is 0 Å². The lowest BCUT2D eigenvalue weighted by atomic mass is 10.0. The van der Waals surface area contributed by atoms with E-state index in [9.17, 15) is 4.79 Å². The molecule has 1 fully saturated rings. The lowest BCUT2D eigenvalue weighted by molar-refractivity contribution is -0.129. The van der Waals surface area contributed by atoms with E-state index in [0.29, 0.717) is 6.54 Å². The van der Waals surface area contributed by atoms with Crippen LogP contribution in [0.1, 0.15) is 48.5 Å². The van der Waals surface area contributed by atoms with Crippen LogP contribution in [0.5, 0.6) is 0 Å². The first-order chi connectivity index (χ1) is 13.7. The predicted molar refractivity (Wildman–Crippen MR) is 110 cm³/mol. The van der Waals surface area contributed by atoms with Crippen molar-refractivity contribution in [2.24, 2.45) is 0 Å². The van der Waals surface area contributed by atoms with Crippen molar-refractivity contribution in [1.29, 1.82) is 0 Å². The van der Waals surface area contributed by atoms with Crippen molar-refractivity contribution in [3.8, 4) is 0 Å². The molecule has 1 saturated heterocycles. The number of hydrogen-bond donors (Lipinski definition) is 1. The van der Waals surface area contributed by atoms with Crippen LogP contribution in [-0.2, 0) is 24.2 Å². The van der Waals surface area contributed by atoms with E-state index in [2.05, 4.69) is 40.5 Å². The normalized spacial score (nSPS) is 19.5. The molecule has 148 valence electrons. The summed E-state index contributed by atoms with van der Waals surface area (Å²) in [5.74, 6) is 1.94. The summed E-state index contributed by atoms with van der Waals surface area (Å²) in [6.45, 7) is 5.07. The molecule has 6 nitrogen and oxygen atoms in total. The van der Waals surface area contributed by atoms with Crippen LogP contribution in [0.3, 0.4) is 0 Å². The van der Waals surface area contributed by atoms with E-state index in [0.717, 1.165) is 61.8 Å². The average Bonchev–Trinajstić information content (AvgIpc) is 3.20. The van der Waals surface area contributed by atoms with E-state index in [1.165, 1.54) is 12.0 Å². The fourth-order valence-electron chi connectivity index (χ4n) is 4.38. The van der Waals surface area contributed by atoms with Gasteiger partial charge in [-0.15, -0.1) is 0 Å². The van der Waals surface area contributed by atoms with Crippen molar-refractivity contribution in [3.63, 3.8) is 0 Å². The van der Waals surface area contributed by atoms with Crippen LogP contribution in [-0.4, -0.2) is 52.4 Å². The monoisotopic (exact) mass is 379 g/mol. The van der Waals surface area contributed by atoms with Crippen LogP contribution < -0.4 is 5.32 Å². The highest BCUT2D eigenvalue weighted by atomic mass is 16.2. The number of carbonyl (C=O) groups excluding carboxylic acids is 1. The van der Waals surface area contributed by atoms with Crippen molar-refractivity contribution in [2.75, 3.05) is 32.0 Å². The number of benzene rings is 1. The molecule has 0 spiro atoms. The number of anilines is 1. The zero-order valence-electron chi connectivity index (χ0n) is 16.8. The second-order valence-corrected chi connectivity index (χ2v) is 7.73. The highest BCUT2D eigenvalue weighted by molar-refractivity contribution is 5.73. The Morgan fingerprint density at radius 2 is 2.04 bits per heavy atom. The SMILES string of the molecule is CNc1nc([C@@H]2CCCN2CCc2ccccc2)nc2c1CCN(C(C)=O)C2. The number of nitrogens with one attached hydrogen (secondary N) is 1. The summed E-state index contributed by atoms with van der Waals surface area (Å²) in [7, 11) is 1.92. The Balaban J connectivity index is 1.55. The molecule has 6 heteroatoms. The molecule has 0 unspecified atom stereocenters. The molecule has 1 N–H and O–H groups in total. The van der Waals surface area contributed by atoms with Gasteiger partial charge in [0.1, 0.15) is 11.6 Å². The number of amides is 1. The first-order valence-corrected chi connectivity index (χ1v) is 10.3. The van der Waals surface area contributed by atoms with E-state index in [1.807, 2.05) is 11.9 Å². The smallest absolute Gasteiger partial charge is 0.219 e. The number of nitrogens with zero attached hydrogens (tertiary/aromatic N) is 4. The molecule has 28 heavy (non-hydrogen) atoms. The molecule has 2 aliphatic heterocycles. The summed E-state index contributed by atoms with van der Waals surface area (Å²) in [5, 5.41) is 3.26. The molecule has 1 aromatic heterocycles. The van der Waals surface area contributed by atoms with E-state index in [4.69, 9.17) is 9.97 Å². The molecular formula is C22H29N5O. The van der Waals surface area contributed by atoms with E-state index in [-0.39, 0.29) is 11.9 Å². The van der Waals surface area contributed by atoms with Crippen LogP contribution in [0, 0.1) is 0 Å². The molecule has 1 amide bonds. The molecule has 2 aliphatic rings. The molecule has 4 rings (SSSR count). The Hall–Kier alpha value is -2.47. The fraction of sp³-hybridized carbons (Fsp3) is 0.500. The second-order valence-electron chi connectivity index (χ2n) is 7.73. The zero-order valence-corrected chi connectivity index (χ0v) is 16.8. The summed E-state index contributed by atoms with van der Waals surface area (Å²) in [6, 6.07) is 10.9. The molecule has 2 aromatic rings. The molecular weight excluding hydrogens is 350 g/mol. The third kappa shape index (κ3) is 3.87. The van der Waals surface area contributed by atoms with Crippen LogP contribution in [0.4, 0.5) is 5.82 Å². The van der Waals surface area contributed by atoms with Gasteiger partial charge in [-0.2, -0.15) is 0 Å². The maximum Gasteiger partial charge on any atom is 0.219 e. The van der Waals surface area contributed by atoms with Gasteiger partial charge in [0, 0.05) is 32.6 Å². The van der Waals surface area contributed by atoms with Gasteiger partial charge in [-0.05, 0) is 37.8 Å². The van der Waals surface area contributed by atoms with Crippen LogP contribution in [0.25, 0.3) is 0 Å². The lowest BCUT2D eigenvalue weighted by Crippen LogP contribution is -2.36. The molecule has 1 aromatic carbocycles. The van der Waals surface area contributed by atoms with Gasteiger partial charge in [-0.3, -0.25) is 9.69 Å². The number of aromatic nitrogens is 2. The summed E-state index contributed by atoms with van der Waals surface area (Å²) in [4.78, 5) is 26.1. The lowest BCUT2D eigenvalue weighted by Gasteiger charge is -2.30. The van der Waals surface area contributed by atoms with Gasteiger partial charge in [-0.25, -0.2) is 9.97 Å². The van der Waals surface area contributed by atoms with E-state index < -0.39 is 0 Å². The first kappa shape index (κ1) is 18.9. The number of hydrogen-bond acceptors (Lipinski definition) is 5. The maximum atomic E-state index is 11.8. The van der Waals surface area contributed by atoms with Crippen LogP contribution in [0.2, 0.25) is 0 Å². The average molecular weight is 380 g/mol. The number of likely N-dealkylation sites (tertiary alicyclic amines) is 1. The predicted octanol–water partition coefficient (Wildman–Crippen LogP) is 2.80. The Morgan fingerprint density at radius 1 is 1.21 bits per heavy atom. The van der Waals surface area contributed by atoms with Crippen molar-refractivity contribution < 1.29 is 4.79 Å². The van der Waals surface area contributed by atoms with Gasteiger partial charge in [0.25, 0.3) is 0 Å². The van der Waals surface area contributed by atoms with Crippen molar-refractivity contribution in [2.45, 2.75) is 45.2 Å². The quantitative estimate of drug-likeness (QED) is 0.866. The second kappa shape index (κ2) is 8.27. The maximum absolute atomic E-state index is 11.8. The van der Waals surface area contributed by atoms with Crippen molar-refractivity contribution in [1.82, 2.24) is 19.8 Å². The summed E-state index contributed by atoms with van der Waals surface area (Å²) < 4.78 is 0. The summed E-state index contributed by atoms with van der Waals surface area (Å²) in [6.07, 6.45) is 4.12. The highest BCUT2D eigenvalue weighted by Crippen LogP contribution is 2.33. The minimum atomic E-state index is 0.113. The van der Waals surface area contributed by atoms with Crippen LogP contribution >= 0.6 is 0 Å². The number of carbonyl (C=O) groups is 1. The fourth-order valence-corrected chi connectivity index (χ4v) is 4.38.